The quantitative estimate of drug-likeness (QED) is 0.666. The number of hydrogen-bond donors (Lipinski definition) is 1. The van der Waals surface area contributed by atoms with Gasteiger partial charge in [-0.3, -0.25) is 14.9 Å². The van der Waals surface area contributed by atoms with Crippen LogP contribution in [0.15, 0.2) is 54.1 Å². The number of barbiturate groups is 1. The van der Waals surface area contributed by atoms with E-state index in [9.17, 15) is 14.4 Å². The van der Waals surface area contributed by atoms with Crippen LogP contribution in [0.4, 0.5) is 10.5 Å². The Morgan fingerprint density at radius 1 is 1.11 bits per heavy atom. The minimum Gasteiger partial charge on any atom is -0.479 e. The maximum atomic E-state index is 12.8. The van der Waals surface area contributed by atoms with Crippen LogP contribution in [0.2, 0.25) is 0 Å². The first kappa shape index (κ1) is 17.9. The predicted molar refractivity (Wildman–Crippen MR) is 97.7 cm³/mol. The third-order valence-electron chi connectivity index (χ3n) is 3.95. The largest absolute Gasteiger partial charge is 0.479 e. The number of imide groups is 2. The maximum absolute atomic E-state index is 12.8. The van der Waals surface area contributed by atoms with Crippen molar-refractivity contribution in [2.45, 2.75) is 6.92 Å². The summed E-state index contributed by atoms with van der Waals surface area (Å²) in [5.41, 5.74) is 1.58. The average molecular weight is 361 g/mol. The fourth-order valence-electron chi connectivity index (χ4n) is 2.63. The van der Waals surface area contributed by atoms with Gasteiger partial charge in [0.25, 0.3) is 11.8 Å². The molecule has 1 aliphatic heterocycles. The minimum atomic E-state index is -0.781. The van der Waals surface area contributed by atoms with E-state index in [-0.39, 0.29) is 12.2 Å². The number of carbonyl (C=O) groups is 3. The van der Waals surface area contributed by atoms with Crippen molar-refractivity contribution in [1.29, 1.82) is 5.26 Å². The molecule has 134 valence electrons. The van der Waals surface area contributed by atoms with E-state index in [0.717, 1.165) is 10.5 Å². The van der Waals surface area contributed by atoms with Gasteiger partial charge in [-0.05, 0) is 42.3 Å². The lowest BCUT2D eigenvalue weighted by Crippen LogP contribution is -2.54. The normalized spacial score (nSPS) is 15.5. The molecule has 7 nitrogen and oxygen atoms in total. The lowest BCUT2D eigenvalue weighted by molar-refractivity contribution is -0.122. The zero-order chi connectivity index (χ0) is 19.4. The van der Waals surface area contributed by atoms with Crippen LogP contribution < -0.4 is 15.0 Å². The molecule has 0 unspecified atom stereocenters. The first-order valence-corrected chi connectivity index (χ1v) is 8.08. The Labute approximate surface area is 155 Å². The van der Waals surface area contributed by atoms with Crippen LogP contribution in [0.5, 0.6) is 5.75 Å². The molecule has 3 rings (SSSR count). The van der Waals surface area contributed by atoms with Crippen LogP contribution in [0.1, 0.15) is 11.1 Å². The molecule has 0 bridgehead atoms. The topological polar surface area (TPSA) is 99.5 Å². The number of anilines is 1. The van der Waals surface area contributed by atoms with E-state index in [1.54, 1.807) is 55.5 Å². The minimum absolute atomic E-state index is 0.0746. The monoisotopic (exact) mass is 361 g/mol. The first-order valence-electron chi connectivity index (χ1n) is 8.08. The van der Waals surface area contributed by atoms with E-state index in [4.69, 9.17) is 10.00 Å². The molecule has 0 radical (unpaired) electrons. The molecule has 2 aromatic carbocycles. The number of carbonyl (C=O) groups excluding carboxylic acids is 3. The summed E-state index contributed by atoms with van der Waals surface area (Å²) in [4.78, 5) is 38.2. The molecular formula is C20H15N3O4. The summed E-state index contributed by atoms with van der Waals surface area (Å²) < 4.78 is 5.16. The van der Waals surface area contributed by atoms with Gasteiger partial charge in [-0.25, -0.2) is 9.69 Å². The Kier molecular flexibility index (Phi) is 4.99. The van der Waals surface area contributed by atoms with Crippen molar-refractivity contribution in [3.8, 4) is 11.8 Å². The number of nitriles is 1. The highest BCUT2D eigenvalue weighted by Crippen LogP contribution is 2.25. The summed E-state index contributed by atoms with van der Waals surface area (Å²) in [5.74, 6) is -0.947. The summed E-state index contributed by atoms with van der Waals surface area (Å²) in [5, 5.41) is 10.7. The Hall–Kier alpha value is -3.92. The van der Waals surface area contributed by atoms with Crippen LogP contribution in [0, 0.1) is 18.3 Å². The van der Waals surface area contributed by atoms with Crippen LogP contribution >= 0.6 is 0 Å². The van der Waals surface area contributed by atoms with Gasteiger partial charge in [0.15, 0.2) is 6.61 Å². The molecule has 1 fully saturated rings. The lowest BCUT2D eigenvalue weighted by Gasteiger charge is -2.27. The highest BCUT2D eigenvalue weighted by molar-refractivity contribution is 6.39. The van der Waals surface area contributed by atoms with Crippen molar-refractivity contribution >= 4 is 29.6 Å². The molecule has 1 heterocycles. The number of benzene rings is 2. The summed E-state index contributed by atoms with van der Waals surface area (Å²) in [6.45, 7) is 1.70. The van der Waals surface area contributed by atoms with Crippen molar-refractivity contribution < 1.29 is 19.1 Å². The van der Waals surface area contributed by atoms with E-state index in [0.29, 0.717) is 17.0 Å². The van der Waals surface area contributed by atoms with Gasteiger partial charge >= 0.3 is 6.03 Å². The van der Waals surface area contributed by atoms with Gasteiger partial charge in [0.2, 0.25) is 0 Å². The SMILES string of the molecule is Cc1ccccc1N1C(=O)NC(=O)/C(=C\c2ccc(OCC#N)cc2)C1=O. The molecule has 0 atom stereocenters. The molecule has 0 aliphatic carbocycles. The summed E-state index contributed by atoms with van der Waals surface area (Å²) in [7, 11) is 0. The fraction of sp³-hybridized carbons (Fsp3) is 0.100. The Morgan fingerprint density at radius 3 is 2.48 bits per heavy atom. The van der Waals surface area contributed by atoms with Gasteiger partial charge in [0, 0.05) is 0 Å². The van der Waals surface area contributed by atoms with Gasteiger partial charge in [0.1, 0.15) is 17.4 Å². The third kappa shape index (κ3) is 3.70. The third-order valence-corrected chi connectivity index (χ3v) is 3.95. The second-order valence-corrected chi connectivity index (χ2v) is 5.76. The van der Waals surface area contributed by atoms with E-state index >= 15 is 0 Å². The molecule has 4 amide bonds. The molecule has 2 aromatic rings. The fourth-order valence-corrected chi connectivity index (χ4v) is 2.63. The zero-order valence-electron chi connectivity index (χ0n) is 14.4. The highest BCUT2D eigenvalue weighted by Gasteiger charge is 2.37. The van der Waals surface area contributed by atoms with Crippen LogP contribution in [-0.4, -0.2) is 24.5 Å². The van der Waals surface area contributed by atoms with Gasteiger partial charge < -0.3 is 4.74 Å². The van der Waals surface area contributed by atoms with Gasteiger partial charge in [-0.2, -0.15) is 5.26 Å². The molecule has 27 heavy (non-hydrogen) atoms. The van der Waals surface area contributed by atoms with Crippen LogP contribution in [0.3, 0.4) is 0 Å². The predicted octanol–water partition coefficient (Wildman–Crippen LogP) is 2.56. The van der Waals surface area contributed by atoms with Crippen molar-refractivity contribution in [2.75, 3.05) is 11.5 Å². The molecule has 7 heteroatoms. The Morgan fingerprint density at radius 2 is 1.81 bits per heavy atom. The summed E-state index contributed by atoms with van der Waals surface area (Å²) in [6, 6.07) is 14.6. The molecule has 1 N–H and O–H groups in total. The Balaban J connectivity index is 1.92. The van der Waals surface area contributed by atoms with Crippen molar-refractivity contribution in [2.24, 2.45) is 0 Å². The second-order valence-electron chi connectivity index (χ2n) is 5.76. The van der Waals surface area contributed by atoms with E-state index < -0.39 is 17.8 Å². The van der Waals surface area contributed by atoms with Crippen LogP contribution in [0.25, 0.3) is 6.08 Å². The standard InChI is InChI=1S/C20H15N3O4/c1-13-4-2-3-5-17(13)23-19(25)16(18(24)22-20(23)26)12-14-6-8-15(9-7-14)27-11-10-21/h2-9,12H,11H2,1H3,(H,22,24,26)/b16-12+. The average Bonchev–Trinajstić information content (AvgIpc) is 2.66. The molecule has 1 aliphatic rings. The van der Waals surface area contributed by atoms with Gasteiger partial charge in [-0.1, -0.05) is 30.3 Å². The zero-order valence-corrected chi connectivity index (χ0v) is 14.4. The molecular weight excluding hydrogens is 346 g/mol. The number of hydrogen-bond acceptors (Lipinski definition) is 5. The number of nitrogens with one attached hydrogen (secondary N) is 1. The maximum Gasteiger partial charge on any atom is 0.335 e. The van der Waals surface area contributed by atoms with E-state index in [1.165, 1.54) is 6.08 Å². The van der Waals surface area contributed by atoms with Crippen molar-refractivity contribution in [3.05, 3.63) is 65.2 Å². The summed E-state index contributed by atoms with van der Waals surface area (Å²) in [6.07, 6.45) is 1.41. The van der Waals surface area contributed by atoms with Gasteiger partial charge in [-0.15, -0.1) is 0 Å². The Bertz CT molecular complexity index is 987. The van der Waals surface area contributed by atoms with Crippen LogP contribution in [-0.2, 0) is 9.59 Å². The van der Waals surface area contributed by atoms with E-state index in [2.05, 4.69) is 5.32 Å². The second kappa shape index (κ2) is 7.54. The number of rotatable bonds is 4. The molecule has 0 saturated carbocycles. The highest BCUT2D eigenvalue weighted by atomic mass is 16.5. The molecule has 0 aromatic heterocycles. The number of urea groups is 1. The smallest absolute Gasteiger partial charge is 0.335 e. The first-order chi connectivity index (χ1) is 13.0. The summed E-state index contributed by atoms with van der Waals surface area (Å²) >= 11 is 0. The lowest BCUT2D eigenvalue weighted by atomic mass is 10.1. The number of para-hydroxylation sites is 1. The van der Waals surface area contributed by atoms with Gasteiger partial charge in [0.05, 0.1) is 5.69 Å². The number of ether oxygens (including phenoxy) is 1. The molecule has 0 spiro atoms. The van der Waals surface area contributed by atoms with Crippen molar-refractivity contribution in [1.82, 2.24) is 5.32 Å². The number of amides is 4. The molecule has 1 saturated heterocycles. The van der Waals surface area contributed by atoms with E-state index in [1.807, 2.05) is 6.07 Å². The van der Waals surface area contributed by atoms with Crippen molar-refractivity contribution in [3.63, 3.8) is 0 Å². The number of aryl methyl sites for hydroxylation is 1. The number of nitrogens with zero attached hydrogens (tertiary/aromatic N) is 2.